The highest BCUT2D eigenvalue weighted by Crippen LogP contribution is 2.27. The fraction of sp³-hybridized carbons (Fsp3) is 0.643. The standard InChI is InChI=1S/C14H22N4O3/c1-3-10-6-7-17(11(8-10)9-15)14(19)12-4-5-13(16(12)2)18(20)21/h4-5,10-11H,3,6-9,15H2,1-2H3. The molecule has 7 nitrogen and oxygen atoms in total. The van der Waals surface area contributed by atoms with Crippen LogP contribution in [0.2, 0.25) is 0 Å². The van der Waals surface area contributed by atoms with Crippen LogP contribution in [0.25, 0.3) is 0 Å². The van der Waals surface area contributed by atoms with E-state index in [1.807, 2.05) is 0 Å². The lowest BCUT2D eigenvalue weighted by atomic mass is 9.88. The van der Waals surface area contributed by atoms with Gasteiger partial charge in [-0.1, -0.05) is 13.3 Å². The van der Waals surface area contributed by atoms with Crippen LogP contribution in [0.15, 0.2) is 12.1 Å². The third kappa shape index (κ3) is 2.92. The number of hydrogen-bond donors (Lipinski definition) is 1. The predicted molar refractivity (Wildman–Crippen MR) is 79.0 cm³/mol. The minimum Gasteiger partial charge on any atom is -0.358 e. The van der Waals surface area contributed by atoms with Crippen molar-refractivity contribution in [1.29, 1.82) is 0 Å². The van der Waals surface area contributed by atoms with E-state index < -0.39 is 4.92 Å². The molecule has 21 heavy (non-hydrogen) atoms. The Kier molecular flexibility index (Phi) is 4.62. The number of rotatable bonds is 4. The third-order valence-electron chi connectivity index (χ3n) is 4.44. The number of nitrogens with zero attached hydrogens (tertiary/aromatic N) is 3. The van der Waals surface area contributed by atoms with Gasteiger partial charge in [0.2, 0.25) is 0 Å². The van der Waals surface area contributed by atoms with Crippen molar-refractivity contribution in [1.82, 2.24) is 9.47 Å². The molecular weight excluding hydrogens is 272 g/mol. The highest BCUT2D eigenvalue weighted by atomic mass is 16.6. The first-order chi connectivity index (χ1) is 9.99. The average molecular weight is 294 g/mol. The first-order valence-corrected chi connectivity index (χ1v) is 7.30. The van der Waals surface area contributed by atoms with Gasteiger partial charge in [0, 0.05) is 25.2 Å². The molecular formula is C14H22N4O3. The summed E-state index contributed by atoms with van der Waals surface area (Å²) in [5, 5.41) is 10.9. The molecule has 1 fully saturated rings. The maximum absolute atomic E-state index is 12.6. The molecule has 0 spiro atoms. The highest BCUT2D eigenvalue weighted by molar-refractivity contribution is 5.93. The van der Waals surface area contributed by atoms with Crippen molar-refractivity contribution in [3.63, 3.8) is 0 Å². The first kappa shape index (κ1) is 15.5. The van der Waals surface area contributed by atoms with Gasteiger partial charge in [-0.25, -0.2) is 4.57 Å². The largest absolute Gasteiger partial charge is 0.358 e. The average Bonchev–Trinajstić information content (AvgIpc) is 2.87. The molecule has 2 atom stereocenters. The summed E-state index contributed by atoms with van der Waals surface area (Å²) in [6.45, 7) is 3.24. The van der Waals surface area contributed by atoms with Gasteiger partial charge in [0.05, 0.1) is 7.05 Å². The van der Waals surface area contributed by atoms with Crippen LogP contribution in [0.1, 0.15) is 36.7 Å². The van der Waals surface area contributed by atoms with Crippen molar-refractivity contribution >= 4 is 11.7 Å². The molecule has 1 aromatic rings. The zero-order chi connectivity index (χ0) is 15.6. The van der Waals surface area contributed by atoms with E-state index in [0.29, 0.717) is 24.7 Å². The Morgan fingerprint density at radius 1 is 1.52 bits per heavy atom. The monoisotopic (exact) mass is 294 g/mol. The number of nitro groups is 1. The predicted octanol–water partition coefficient (Wildman–Crippen LogP) is 1.52. The van der Waals surface area contributed by atoms with Gasteiger partial charge in [0.1, 0.15) is 0 Å². The van der Waals surface area contributed by atoms with E-state index in [-0.39, 0.29) is 17.8 Å². The molecule has 1 aliphatic heterocycles. The summed E-state index contributed by atoms with van der Waals surface area (Å²) < 4.78 is 1.34. The van der Waals surface area contributed by atoms with Gasteiger partial charge in [-0.15, -0.1) is 0 Å². The lowest BCUT2D eigenvalue weighted by Crippen LogP contribution is -2.49. The number of likely N-dealkylation sites (tertiary alicyclic amines) is 1. The molecule has 0 aromatic carbocycles. The molecule has 0 radical (unpaired) electrons. The van der Waals surface area contributed by atoms with E-state index in [1.165, 1.54) is 16.7 Å². The second-order valence-corrected chi connectivity index (χ2v) is 5.58. The molecule has 1 aliphatic rings. The quantitative estimate of drug-likeness (QED) is 0.673. The summed E-state index contributed by atoms with van der Waals surface area (Å²) in [4.78, 5) is 24.8. The molecule has 1 amide bonds. The van der Waals surface area contributed by atoms with Crippen molar-refractivity contribution in [2.45, 2.75) is 32.2 Å². The van der Waals surface area contributed by atoms with Crippen LogP contribution in [-0.2, 0) is 7.05 Å². The fourth-order valence-electron chi connectivity index (χ4n) is 3.04. The van der Waals surface area contributed by atoms with E-state index in [0.717, 1.165) is 19.3 Å². The molecule has 7 heteroatoms. The Hall–Kier alpha value is -1.89. The first-order valence-electron chi connectivity index (χ1n) is 7.30. The SMILES string of the molecule is CCC1CCN(C(=O)c2ccc([N+](=O)[O-])n2C)C(CN)C1. The number of amides is 1. The normalized spacial score (nSPS) is 22.3. The van der Waals surface area contributed by atoms with E-state index in [4.69, 9.17) is 5.73 Å². The van der Waals surface area contributed by atoms with Crippen LogP contribution in [0.5, 0.6) is 0 Å². The lowest BCUT2D eigenvalue weighted by molar-refractivity contribution is -0.391. The second-order valence-electron chi connectivity index (χ2n) is 5.58. The number of piperidine rings is 1. The summed E-state index contributed by atoms with van der Waals surface area (Å²) in [6.07, 6.45) is 2.96. The maximum atomic E-state index is 12.6. The number of carbonyl (C=O) groups is 1. The van der Waals surface area contributed by atoms with Crippen LogP contribution in [-0.4, -0.2) is 39.4 Å². The van der Waals surface area contributed by atoms with Crippen LogP contribution in [0, 0.1) is 16.0 Å². The molecule has 2 rings (SSSR count). The molecule has 1 saturated heterocycles. The summed E-state index contributed by atoms with van der Waals surface area (Å²) in [7, 11) is 1.54. The van der Waals surface area contributed by atoms with Crippen LogP contribution in [0.3, 0.4) is 0 Å². The van der Waals surface area contributed by atoms with Crippen molar-refractivity contribution in [3.05, 3.63) is 27.9 Å². The molecule has 116 valence electrons. The Balaban J connectivity index is 2.21. The van der Waals surface area contributed by atoms with E-state index in [2.05, 4.69) is 6.92 Å². The summed E-state index contributed by atoms with van der Waals surface area (Å²) >= 11 is 0. The van der Waals surface area contributed by atoms with Gasteiger partial charge in [-0.3, -0.25) is 4.79 Å². The Labute approximate surface area is 123 Å². The van der Waals surface area contributed by atoms with E-state index in [9.17, 15) is 14.9 Å². The fourth-order valence-corrected chi connectivity index (χ4v) is 3.04. The van der Waals surface area contributed by atoms with E-state index in [1.54, 1.807) is 11.9 Å². The van der Waals surface area contributed by atoms with Gasteiger partial charge < -0.3 is 20.7 Å². The third-order valence-corrected chi connectivity index (χ3v) is 4.44. The van der Waals surface area contributed by atoms with Gasteiger partial charge in [0.25, 0.3) is 5.91 Å². The van der Waals surface area contributed by atoms with Gasteiger partial charge >= 0.3 is 5.82 Å². The van der Waals surface area contributed by atoms with Gasteiger partial charge in [-0.05, 0) is 29.7 Å². The molecule has 0 aliphatic carbocycles. The highest BCUT2D eigenvalue weighted by Gasteiger charge is 2.33. The Morgan fingerprint density at radius 3 is 2.76 bits per heavy atom. The minimum atomic E-state index is -0.486. The molecule has 1 aromatic heterocycles. The van der Waals surface area contributed by atoms with Gasteiger partial charge in [0.15, 0.2) is 5.69 Å². The molecule has 0 saturated carbocycles. The summed E-state index contributed by atoms with van der Waals surface area (Å²) in [6, 6.07) is 2.90. The minimum absolute atomic E-state index is 0.0187. The van der Waals surface area contributed by atoms with Crippen LogP contribution >= 0.6 is 0 Å². The van der Waals surface area contributed by atoms with Crippen LogP contribution < -0.4 is 5.73 Å². The zero-order valence-electron chi connectivity index (χ0n) is 12.5. The molecule has 0 bridgehead atoms. The molecule has 2 heterocycles. The van der Waals surface area contributed by atoms with Crippen molar-refractivity contribution in [3.8, 4) is 0 Å². The van der Waals surface area contributed by atoms with Crippen molar-refractivity contribution in [2.75, 3.05) is 13.1 Å². The number of aromatic nitrogens is 1. The van der Waals surface area contributed by atoms with Gasteiger partial charge in [-0.2, -0.15) is 0 Å². The zero-order valence-corrected chi connectivity index (χ0v) is 12.5. The van der Waals surface area contributed by atoms with Crippen LogP contribution in [0.4, 0.5) is 5.82 Å². The Bertz CT molecular complexity index is 540. The number of hydrogen-bond acceptors (Lipinski definition) is 4. The topological polar surface area (TPSA) is 94.4 Å². The maximum Gasteiger partial charge on any atom is 0.323 e. The lowest BCUT2D eigenvalue weighted by Gasteiger charge is -2.38. The Morgan fingerprint density at radius 2 is 2.24 bits per heavy atom. The molecule has 2 unspecified atom stereocenters. The second kappa shape index (κ2) is 6.26. The van der Waals surface area contributed by atoms with E-state index >= 15 is 0 Å². The summed E-state index contributed by atoms with van der Waals surface area (Å²) in [5.74, 6) is 0.354. The van der Waals surface area contributed by atoms with Crippen molar-refractivity contribution in [2.24, 2.45) is 18.7 Å². The molecule has 2 N–H and O–H groups in total. The summed E-state index contributed by atoms with van der Waals surface area (Å²) in [5.41, 5.74) is 6.15. The van der Waals surface area contributed by atoms with Crippen molar-refractivity contribution < 1.29 is 9.72 Å². The number of nitrogens with two attached hydrogens (primary N) is 1. The smallest absolute Gasteiger partial charge is 0.323 e. The number of carbonyl (C=O) groups excluding carboxylic acids is 1.